The first kappa shape index (κ1) is 12.0. The largest absolute Gasteiger partial charge is 0.130 e. The molecule has 0 amide bonds. The van der Waals surface area contributed by atoms with E-state index in [2.05, 4.69) is 47.0 Å². The maximum atomic E-state index is 3.64. The van der Waals surface area contributed by atoms with E-state index in [9.17, 15) is 0 Å². The Labute approximate surface area is 87.9 Å². The van der Waals surface area contributed by atoms with Crippen molar-refractivity contribution in [1.29, 1.82) is 0 Å². The average molecular weight is 247 g/mol. The lowest BCUT2D eigenvalue weighted by Crippen LogP contribution is -1.76. The van der Waals surface area contributed by atoms with Gasteiger partial charge < -0.3 is 0 Å². The summed E-state index contributed by atoms with van der Waals surface area (Å²) in [7, 11) is 0. The molecule has 0 rings (SSSR count). The molecule has 0 radical (unpaired) electrons. The van der Waals surface area contributed by atoms with Gasteiger partial charge in [0, 0.05) is 11.1 Å². The molecule has 12 heavy (non-hydrogen) atoms. The molecular weight excluding hydrogens is 232 g/mol. The van der Waals surface area contributed by atoms with Crippen LogP contribution >= 0.6 is 27.7 Å². The van der Waals surface area contributed by atoms with Crippen molar-refractivity contribution in [3.8, 4) is 0 Å². The highest BCUT2D eigenvalue weighted by Gasteiger charge is 1.83. The van der Waals surface area contributed by atoms with E-state index in [4.69, 9.17) is 0 Å². The van der Waals surface area contributed by atoms with Crippen LogP contribution in [0.1, 0.15) is 13.3 Å². The van der Waals surface area contributed by atoms with Gasteiger partial charge in [-0.15, -0.1) is 18.3 Å². The predicted molar refractivity (Wildman–Crippen MR) is 64.0 cm³/mol. The zero-order valence-corrected chi connectivity index (χ0v) is 9.83. The Kier molecular flexibility index (Phi) is 9.18. The van der Waals surface area contributed by atoms with Gasteiger partial charge in [-0.25, -0.2) is 0 Å². The van der Waals surface area contributed by atoms with Crippen LogP contribution in [0.3, 0.4) is 0 Å². The summed E-state index contributed by atoms with van der Waals surface area (Å²) < 4.78 is 0. The average Bonchev–Trinajstić information content (AvgIpc) is 2.10. The standard InChI is InChI=1S/C10H15BrS/c1-3-4-5-7-12-8-6-10(2)9-11/h3,5-7H,1,4,8-9H2,2H3/b7-5-,10-6+. The van der Waals surface area contributed by atoms with E-state index in [0.29, 0.717) is 0 Å². The highest BCUT2D eigenvalue weighted by molar-refractivity contribution is 9.09. The van der Waals surface area contributed by atoms with Crippen LogP contribution < -0.4 is 0 Å². The van der Waals surface area contributed by atoms with E-state index >= 15 is 0 Å². The molecule has 0 saturated carbocycles. The second kappa shape index (κ2) is 9.14. The Balaban J connectivity index is 3.37. The first-order valence-electron chi connectivity index (χ1n) is 3.90. The fourth-order valence-electron chi connectivity index (χ4n) is 0.520. The molecule has 68 valence electrons. The van der Waals surface area contributed by atoms with Crippen LogP contribution in [0, 0.1) is 0 Å². The van der Waals surface area contributed by atoms with Crippen LogP contribution in [0.25, 0.3) is 0 Å². The van der Waals surface area contributed by atoms with Crippen molar-refractivity contribution >= 4 is 27.7 Å². The SMILES string of the molecule is C=CC/C=C\SC/C=C(\C)CBr. The van der Waals surface area contributed by atoms with Gasteiger partial charge in [-0.05, 0) is 18.8 Å². The van der Waals surface area contributed by atoms with E-state index in [1.165, 1.54) is 5.57 Å². The number of alkyl halides is 1. The van der Waals surface area contributed by atoms with Crippen molar-refractivity contribution in [2.75, 3.05) is 11.1 Å². The number of rotatable bonds is 6. The molecule has 0 spiro atoms. The third-order valence-electron chi connectivity index (χ3n) is 1.23. The van der Waals surface area contributed by atoms with Gasteiger partial charge in [0.2, 0.25) is 0 Å². The Hall–Kier alpha value is 0.0500. The molecular formula is C10H15BrS. The van der Waals surface area contributed by atoms with Gasteiger partial charge in [0.15, 0.2) is 0 Å². The quantitative estimate of drug-likeness (QED) is 0.386. The molecule has 0 aromatic rings. The molecule has 0 aliphatic rings. The van der Waals surface area contributed by atoms with Crippen molar-refractivity contribution < 1.29 is 0 Å². The van der Waals surface area contributed by atoms with Gasteiger partial charge in [0.25, 0.3) is 0 Å². The monoisotopic (exact) mass is 246 g/mol. The molecule has 2 heteroatoms. The first-order chi connectivity index (χ1) is 5.81. The molecule has 0 aliphatic carbocycles. The first-order valence-corrected chi connectivity index (χ1v) is 6.07. The normalized spacial score (nSPS) is 12.3. The van der Waals surface area contributed by atoms with Crippen LogP contribution in [0.2, 0.25) is 0 Å². The van der Waals surface area contributed by atoms with Gasteiger partial charge in [-0.3, -0.25) is 0 Å². The van der Waals surface area contributed by atoms with Crippen LogP contribution in [-0.4, -0.2) is 11.1 Å². The summed E-state index contributed by atoms with van der Waals surface area (Å²) in [5, 5.41) is 3.10. The Morgan fingerprint density at radius 2 is 2.33 bits per heavy atom. The highest BCUT2D eigenvalue weighted by Crippen LogP contribution is 2.06. The molecule has 0 atom stereocenters. The topological polar surface area (TPSA) is 0 Å². The molecule has 0 heterocycles. The maximum Gasteiger partial charge on any atom is 0.0239 e. The molecule has 0 aromatic heterocycles. The fraction of sp³-hybridized carbons (Fsp3) is 0.400. The summed E-state index contributed by atoms with van der Waals surface area (Å²) in [6, 6.07) is 0. The lowest BCUT2D eigenvalue weighted by atomic mass is 10.3. The summed E-state index contributed by atoms with van der Waals surface area (Å²) in [5.41, 5.74) is 1.39. The summed E-state index contributed by atoms with van der Waals surface area (Å²) in [6.45, 7) is 5.77. The van der Waals surface area contributed by atoms with Gasteiger partial charge in [-0.1, -0.05) is 39.7 Å². The summed E-state index contributed by atoms with van der Waals surface area (Å²) in [6.07, 6.45) is 7.22. The van der Waals surface area contributed by atoms with E-state index in [1.54, 1.807) is 0 Å². The van der Waals surface area contributed by atoms with Gasteiger partial charge in [-0.2, -0.15) is 0 Å². The molecule has 0 unspecified atom stereocenters. The minimum Gasteiger partial charge on any atom is -0.130 e. The predicted octanol–water partition coefficient (Wildman–Crippen LogP) is 4.15. The third-order valence-corrected chi connectivity index (χ3v) is 2.86. The van der Waals surface area contributed by atoms with Crippen molar-refractivity contribution in [2.45, 2.75) is 13.3 Å². The molecule has 0 saturated heterocycles. The fourth-order valence-corrected chi connectivity index (χ4v) is 1.49. The Morgan fingerprint density at radius 3 is 2.92 bits per heavy atom. The molecule has 0 aromatic carbocycles. The van der Waals surface area contributed by atoms with E-state index < -0.39 is 0 Å². The minimum atomic E-state index is 0.966. The molecule has 0 fully saturated rings. The summed E-state index contributed by atoms with van der Waals surface area (Å²) >= 11 is 5.21. The molecule has 0 aliphatic heterocycles. The zero-order valence-electron chi connectivity index (χ0n) is 7.42. The smallest absolute Gasteiger partial charge is 0.0239 e. The van der Waals surface area contributed by atoms with Crippen LogP contribution in [0.5, 0.6) is 0 Å². The second-order valence-electron chi connectivity index (χ2n) is 2.41. The number of halogens is 1. The highest BCUT2D eigenvalue weighted by atomic mass is 79.9. The number of hydrogen-bond donors (Lipinski definition) is 0. The van der Waals surface area contributed by atoms with Gasteiger partial charge in [0.05, 0.1) is 0 Å². The summed E-state index contributed by atoms with van der Waals surface area (Å²) in [5.74, 6) is 1.06. The molecule has 0 N–H and O–H groups in total. The number of thioether (sulfide) groups is 1. The maximum absolute atomic E-state index is 3.64. The van der Waals surface area contributed by atoms with Crippen molar-refractivity contribution in [3.05, 3.63) is 35.8 Å². The van der Waals surface area contributed by atoms with E-state index in [0.717, 1.165) is 17.5 Å². The zero-order chi connectivity index (χ0) is 9.23. The van der Waals surface area contributed by atoms with E-state index in [-0.39, 0.29) is 0 Å². The van der Waals surface area contributed by atoms with Crippen molar-refractivity contribution in [3.63, 3.8) is 0 Å². The second-order valence-corrected chi connectivity index (χ2v) is 3.91. The molecule has 0 bridgehead atoms. The minimum absolute atomic E-state index is 0.966. The lowest BCUT2D eigenvalue weighted by molar-refractivity contribution is 1.40. The Morgan fingerprint density at radius 1 is 1.58 bits per heavy atom. The summed E-state index contributed by atoms with van der Waals surface area (Å²) in [4.78, 5) is 0. The lowest BCUT2D eigenvalue weighted by Gasteiger charge is -1.91. The van der Waals surface area contributed by atoms with Crippen LogP contribution in [-0.2, 0) is 0 Å². The van der Waals surface area contributed by atoms with Crippen LogP contribution in [0.4, 0.5) is 0 Å². The van der Waals surface area contributed by atoms with Gasteiger partial charge >= 0.3 is 0 Å². The molecule has 0 nitrogen and oxygen atoms in total. The third kappa shape index (κ3) is 8.15. The number of allylic oxidation sites excluding steroid dienone is 3. The van der Waals surface area contributed by atoms with Crippen molar-refractivity contribution in [2.24, 2.45) is 0 Å². The van der Waals surface area contributed by atoms with Crippen molar-refractivity contribution in [1.82, 2.24) is 0 Å². The van der Waals surface area contributed by atoms with Crippen LogP contribution in [0.15, 0.2) is 35.8 Å². The van der Waals surface area contributed by atoms with E-state index in [1.807, 2.05) is 17.8 Å². The van der Waals surface area contributed by atoms with Gasteiger partial charge in [0.1, 0.15) is 0 Å². The number of hydrogen-bond acceptors (Lipinski definition) is 1. The Bertz CT molecular complexity index is 171.